The molecule has 0 N–H and O–H groups in total. The maximum atomic E-state index is 12.3. The summed E-state index contributed by atoms with van der Waals surface area (Å²) in [5, 5.41) is 2.59. The van der Waals surface area contributed by atoms with Gasteiger partial charge in [-0.15, -0.1) is 0 Å². The van der Waals surface area contributed by atoms with Gasteiger partial charge in [0.15, 0.2) is 0 Å². The van der Waals surface area contributed by atoms with E-state index < -0.39 is 5.97 Å². The molecule has 0 aliphatic heterocycles. The first kappa shape index (κ1) is 17.1. The van der Waals surface area contributed by atoms with Crippen molar-refractivity contribution >= 4 is 28.3 Å². The maximum absolute atomic E-state index is 12.3. The van der Waals surface area contributed by atoms with E-state index in [0.29, 0.717) is 22.1 Å². The molecule has 3 rings (SSSR count). The molecule has 0 heterocycles. The number of fused-ring (bicyclic) bond motifs is 1. The van der Waals surface area contributed by atoms with Crippen molar-refractivity contribution in [2.75, 3.05) is 20.3 Å². The first-order chi connectivity index (χ1) is 12.2. The number of halogens is 1. The second kappa shape index (κ2) is 7.90. The van der Waals surface area contributed by atoms with Gasteiger partial charge in [0.05, 0.1) is 7.11 Å². The summed E-state index contributed by atoms with van der Waals surface area (Å²) in [6.45, 7) is 0.390. The second-order valence-electron chi connectivity index (χ2n) is 5.34. The predicted molar refractivity (Wildman–Crippen MR) is 97.7 cm³/mol. The van der Waals surface area contributed by atoms with Crippen LogP contribution in [0, 0.1) is 0 Å². The van der Waals surface area contributed by atoms with Crippen molar-refractivity contribution < 1.29 is 19.0 Å². The Morgan fingerprint density at radius 3 is 2.32 bits per heavy atom. The largest absolute Gasteiger partial charge is 0.496 e. The molecule has 0 unspecified atom stereocenters. The van der Waals surface area contributed by atoms with Gasteiger partial charge in [0.1, 0.15) is 30.3 Å². The highest BCUT2D eigenvalue weighted by molar-refractivity contribution is 6.30. The number of methoxy groups -OCH3 is 1. The third kappa shape index (κ3) is 4.22. The Morgan fingerprint density at radius 2 is 1.64 bits per heavy atom. The number of carbonyl (C=O) groups is 1. The Kier molecular flexibility index (Phi) is 5.41. The summed E-state index contributed by atoms with van der Waals surface area (Å²) in [7, 11) is 1.53. The molecule has 0 radical (unpaired) electrons. The number of ether oxygens (including phenoxy) is 3. The lowest BCUT2D eigenvalue weighted by Gasteiger charge is -2.11. The molecule has 0 saturated heterocycles. The monoisotopic (exact) mass is 356 g/mol. The zero-order valence-electron chi connectivity index (χ0n) is 13.7. The van der Waals surface area contributed by atoms with Gasteiger partial charge in [-0.1, -0.05) is 35.9 Å². The summed E-state index contributed by atoms with van der Waals surface area (Å²) >= 11 is 5.82. The lowest BCUT2D eigenvalue weighted by atomic mass is 10.1. The molecule has 0 bridgehead atoms. The first-order valence-electron chi connectivity index (χ1n) is 7.79. The highest BCUT2D eigenvalue weighted by Crippen LogP contribution is 2.26. The molecule has 4 nitrogen and oxygen atoms in total. The highest BCUT2D eigenvalue weighted by atomic mass is 35.5. The Balaban J connectivity index is 1.62. The molecule has 25 heavy (non-hydrogen) atoms. The first-order valence-corrected chi connectivity index (χ1v) is 8.17. The van der Waals surface area contributed by atoms with E-state index in [-0.39, 0.29) is 13.2 Å². The van der Waals surface area contributed by atoms with E-state index >= 15 is 0 Å². The fourth-order valence-corrected chi connectivity index (χ4v) is 2.58. The lowest BCUT2D eigenvalue weighted by molar-refractivity contribution is 0.0447. The van der Waals surface area contributed by atoms with Crippen LogP contribution in [0.25, 0.3) is 10.8 Å². The molecule has 0 aliphatic carbocycles. The van der Waals surface area contributed by atoms with Gasteiger partial charge in [-0.05, 0) is 47.2 Å². The topological polar surface area (TPSA) is 44.8 Å². The normalized spacial score (nSPS) is 10.5. The van der Waals surface area contributed by atoms with Crippen LogP contribution >= 0.6 is 11.6 Å². The smallest absolute Gasteiger partial charge is 0.342 e. The molecular weight excluding hydrogens is 340 g/mol. The molecule has 0 fully saturated rings. The predicted octanol–water partition coefficient (Wildman–Crippen LogP) is 4.74. The van der Waals surface area contributed by atoms with E-state index in [2.05, 4.69) is 0 Å². The van der Waals surface area contributed by atoms with Crippen molar-refractivity contribution in [3.05, 3.63) is 71.2 Å². The number of benzene rings is 3. The summed E-state index contributed by atoms with van der Waals surface area (Å²) in [6.07, 6.45) is 0. The molecule has 0 saturated carbocycles. The van der Waals surface area contributed by atoms with Crippen LogP contribution in [0.4, 0.5) is 0 Å². The fourth-order valence-electron chi connectivity index (χ4n) is 2.45. The Hall–Kier alpha value is -2.72. The van der Waals surface area contributed by atoms with Gasteiger partial charge in [-0.3, -0.25) is 0 Å². The van der Waals surface area contributed by atoms with Crippen LogP contribution in [-0.2, 0) is 4.74 Å². The summed E-state index contributed by atoms with van der Waals surface area (Å²) in [6, 6.07) is 18.4. The van der Waals surface area contributed by atoms with Crippen LogP contribution in [0.15, 0.2) is 60.7 Å². The van der Waals surface area contributed by atoms with Crippen LogP contribution in [0.2, 0.25) is 5.02 Å². The maximum Gasteiger partial charge on any atom is 0.342 e. The van der Waals surface area contributed by atoms with Gasteiger partial charge >= 0.3 is 5.97 Å². The molecule has 3 aromatic rings. The molecule has 128 valence electrons. The average molecular weight is 357 g/mol. The minimum atomic E-state index is -0.442. The van der Waals surface area contributed by atoms with Crippen LogP contribution in [0.3, 0.4) is 0 Å². The van der Waals surface area contributed by atoms with E-state index in [4.69, 9.17) is 25.8 Å². The minimum absolute atomic E-state index is 0.136. The number of rotatable bonds is 6. The summed E-state index contributed by atoms with van der Waals surface area (Å²) in [5.41, 5.74) is 0.396. The van der Waals surface area contributed by atoms with Gasteiger partial charge < -0.3 is 14.2 Å². The number of carbonyl (C=O) groups excluding carboxylic acids is 1. The molecular formula is C20H17ClO4. The van der Waals surface area contributed by atoms with E-state index in [1.54, 1.807) is 30.3 Å². The van der Waals surface area contributed by atoms with Gasteiger partial charge in [0, 0.05) is 5.02 Å². The quantitative estimate of drug-likeness (QED) is 0.473. The molecule has 0 amide bonds. The summed E-state index contributed by atoms with van der Waals surface area (Å²) in [5.74, 6) is 0.716. The molecule has 0 aromatic heterocycles. The van der Waals surface area contributed by atoms with Crippen molar-refractivity contribution in [3.63, 3.8) is 0 Å². The third-order valence-corrected chi connectivity index (χ3v) is 3.94. The molecule has 3 aromatic carbocycles. The van der Waals surface area contributed by atoms with Crippen molar-refractivity contribution in [1.82, 2.24) is 0 Å². The zero-order chi connectivity index (χ0) is 17.6. The Bertz CT molecular complexity index is 875. The van der Waals surface area contributed by atoms with E-state index in [1.807, 2.05) is 30.3 Å². The van der Waals surface area contributed by atoms with Gasteiger partial charge in [0.25, 0.3) is 0 Å². The SMILES string of the molecule is COc1cc2ccccc2cc1C(=O)OCCOc1ccc(Cl)cc1. The van der Waals surface area contributed by atoms with Crippen molar-refractivity contribution in [1.29, 1.82) is 0 Å². The van der Waals surface area contributed by atoms with Crippen LogP contribution in [-0.4, -0.2) is 26.3 Å². The minimum Gasteiger partial charge on any atom is -0.496 e. The number of hydrogen-bond donors (Lipinski definition) is 0. The van der Waals surface area contributed by atoms with E-state index in [9.17, 15) is 4.79 Å². The molecule has 0 spiro atoms. The standard InChI is InChI=1S/C20H17ClO4/c1-23-19-13-15-5-3-2-4-14(15)12-18(19)20(22)25-11-10-24-17-8-6-16(21)7-9-17/h2-9,12-13H,10-11H2,1H3. The second-order valence-corrected chi connectivity index (χ2v) is 5.77. The Morgan fingerprint density at radius 1 is 0.960 bits per heavy atom. The highest BCUT2D eigenvalue weighted by Gasteiger charge is 2.15. The van der Waals surface area contributed by atoms with Crippen molar-refractivity contribution in [2.45, 2.75) is 0 Å². The van der Waals surface area contributed by atoms with Crippen LogP contribution in [0.1, 0.15) is 10.4 Å². The van der Waals surface area contributed by atoms with Gasteiger partial charge in [0.2, 0.25) is 0 Å². The summed E-state index contributed by atoms with van der Waals surface area (Å²) < 4.78 is 16.1. The third-order valence-electron chi connectivity index (χ3n) is 3.69. The van der Waals surface area contributed by atoms with Gasteiger partial charge in [-0.25, -0.2) is 4.79 Å². The number of esters is 1. The average Bonchev–Trinajstić information content (AvgIpc) is 2.65. The Labute approximate surface area is 150 Å². The number of hydrogen-bond acceptors (Lipinski definition) is 4. The van der Waals surface area contributed by atoms with Crippen molar-refractivity contribution in [2.24, 2.45) is 0 Å². The van der Waals surface area contributed by atoms with E-state index in [0.717, 1.165) is 10.8 Å². The summed E-state index contributed by atoms with van der Waals surface area (Å²) in [4.78, 5) is 12.3. The van der Waals surface area contributed by atoms with Crippen molar-refractivity contribution in [3.8, 4) is 11.5 Å². The van der Waals surface area contributed by atoms with Gasteiger partial charge in [-0.2, -0.15) is 0 Å². The van der Waals surface area contributed by atoms with Crippen LogP contribution < -0.4 is 9.47 Å². The zero-order valence-corrected chi connectivity index (χ0v) is 14.5. The molecule has 5 heteroatoms. The molecule has 0 aliphatic rings. The van der Waals surface area contributed by atoms with E-state index in [1.165, 1.54) is 7.11 Å². The molecule has 0 atom stereocenters. The fraction of sp³-hybridized carbons (Fsp3) is 0.150. The lowest BCUT2D eigenvalue weighted by Crippen LogP contribution is -2.13. The van der Waals surface area contributed by atoms with Crippen LogP contribution in [0.5, 0.6) is 11.5 Å².